The maximum atomic E-state index is 11.6. The first-order valence-electron chi connectivity index (χ1n) is 7.23. The van der Waals surface area contributed by atoms with Crippen molar-refractivity contribution in [2.24, 2.45) is 4.99 Å². The van der Waals surface area contributed by atoms with Crippen molar-refractivity contribution < 1.29 is 14.5 Å². The molecule has 0 aromatic heterocycles. The van der Waals surface area contributed by atoms with Crippen LogP contribution < -0.4 is 16.0 Å². The lowest BCUT2D eigenvalue weighted by molar-refractivity contribution is -0.384. The molecule has 0 spiro atoms. The smallest absolute Gasteiger partial charge is 0.338 e. The van der Waals surface area contributed by atoms with Crippen LogP contribution in [-0.4, -0.2) is 35.2 Å². The van der Waals surface area contributed by atoms with Crippen LogP contribution in [0.3, 0.4) is 0 Å². The number of amides is 4. The molecule has 0 unspecified atom stereocenters. The van der Waals surface area contributed by atoms with Gasteiger partial charge in [0.05, 0.1) is 4.92 Å². The number of carbonyl (C=O) groups excluding carboxylic acids is 2. The number of urea groups is 2. The summed E-state index contributed by atoms with van der Waals surface area (Å²) in [6.45, 7) is 4.38. The molecular formula is C14H19N5O4S. The number of aliphatic imine (C=N–C) groups is 1. The number of nitrogens with one attached hydrogen (secondary N) is 3. The molecule has 0 radical (unpaired) electrons. The monoisotopic (exact) mass is 353 g/mol. The fourth-order valence-corrected chi connectivity index (χ4v) is 2.35. The number of nitro benzene ring substituents is 1. The number of benzene rings is 1. The maximum absolute atomic E-state index is 11.6. The van der Waals surface area contributed by atoms with Gasteiger partial charge in [-0.3, -0.25) is 15.4 Å². The summed E-state index contributed by atoms with van der Waals surface area (Å²) in [6.07, 6.45) is 0. The van der Waals surface area contributed by atoms with E-state index in [2.05, 4.69) is 20.9 Å². The summed E-state index contributed by atoms with van der Waals surface area (Å²) in [5.41, 5.74) is 0.798. The number of non-ortho nitro benzene ring substituents is 1. The zero-order valence-corrected chi connectivity index (χ0v) is 14.2. The third kappa shape index (κ3) is 7.09. The van der Waals surface area contributed by atoms with Gasteiger partial charge in [-0.1, -0.05) is 23.9 Å². The number of thioether (sulfide) groups is 1. The Bertz CT molecular complexity index is 618. The first-order chi connectivity index (χ1) is 11.5. The second-order valence-corrected chi connectivity index (χ2v) is 5.41. The van der Waals surface area contributed by atoms with Crippen molar-refractivity contribution in [2.75, 3.05) is 13.1 Å². The summed E-state index contributed by atoms with van der Waals surface area (Å²) in [6, 6.07) is 5.00. The molecule has 0 heterocycles. The van der Waals surface area contributed by atoms with Crippen molar-refractivity contribution >= 4 is 34.7 Å². The van der Waals surface area contributed by atoms with E-state index in [1.54, 1.807) is 26.0 Å². The molecule has 0 saturated heterocycles. The van der Waals surface area contributed by atoms with Crippen LogP contribution in [0.5, 0.6) is 0 Å². The highest BCUT2D eigenvalue weighted by Gasteiger charge is 2.10. The minimum Gasteiger partial charge on any atom is -0.338 e. The topological polar surface area (TPSA) is 126 Å². The minimum atomic E-state index is -0.555. The zero-order valence-electron chi connectivity index (χ0n) is 13.4. The van der Waals surface area contributed by atoms with Gasteiger partial charge in [0.1, 0.15) is 0 Å². The van der Waals surface area contributed by atoms with E-state index in [4.69, 9.17) is 0 Å². The molecule has 3 N–H and O–H groups in total. The van der Waals surface area contributed by atoms with E-state index >= 15 is 0 Å². The average molecular weight is 353 g/mol. The summed E-state index contributed by atoms with van der Waals surface area (Å²) in [5, 5.41) is 18.3. The lowest BCUT2D eigenvalue weighted by Gasteiger charge is -2.09. The van der Waals surface area contributed by atoms with Gasteiger partial charge >= 0.3 is 12.1 Å². The molecular weight excluding hydrogens is 334 g/mol. The molecule has 1 rings (SSSR count). The predicted octanol–water partition coefficient (Wildman–Crippen LogP) is 2.23. The van der Waals surface area contributed by atoms with Gasteiger partial charge in [0.2, 0.25) is 0 Å². The number of nitrogens with zero attached hydrogens (tertiary/aromatic N) is 2. The van der Waals surface area contributed by atoms with Crippen LogP contribution in [0.25, 0.3) is 0 Å². The Labute approximate surface area is 143 Å². The average Bonchev–Trinajstić information content (AvgIpc) is 2.53. The molecule has 0 saturated carbocycles. The summed E-state index contributed by atoms with van der Waals surface area (Å²) in [7, 11) is 0. The van der Waals surface area contributed by atoms with Crippen molar-refractivity contribution in [2.45, 2.75) is 19.6 Å². The van der Waals surface area contributed by atoms with Crippen molar-refractivity contribution in [3.8, 4) is 0 Å². The van der Waals surface area contributed by atoms with Crippen LogP contribution >= 0.6 is 11.8 Å². The number of carbonyl (C=O) groups is 2. The van der Waals surface area contributed by atoms with E-state index in [-0.39, 0.29) is 10.9 Å². The molecule has 0 bridgehead atoms. The Morgan fingerprint density at radius 1 is 1.17 bits per heavy atom. The second kappa shape index (κ2) is 10.2. The van der Waals surface area contributed by atoms with Gasteiger partial charge < -0.3 is 10.6 Å². The van der Waals surface area contributed by atoms with E-state index < -0.39 is 17.0 Å². The highest BCUT2D eigenvalue weighted by atomic mass is 32.2. The van der Waals surface area contributed by atoms with Crippen molar-refractivity contribution in [3.63, 3.8) is 0 Å². The normalized spacial score (nSPS) is 10.8. The number of hydrogen-bond acceptors (Lipinski definition) is 5. The third-order valence-electron chi connectivity index (χ3n) is 2.61. The zero-order chi connectivity index (χ0) is 17.9. The Morgan fingerprint density at radius 3 is 2.33 bits per heavy atom. The number of nitro groups is 1. The molecule has 0 fully saturated rings. The molecule has 0 aliphatic carbocycles. The Balaban J connectivity index is 2.74. The largest absolute Gasteiger partial charge is 0.343 e. The van der Waals surface area contributed by atoms with Crippen LogP contribution in [0.1, 0.15) is 19.4 Å². The minimum absolute atomic E-state index is 0.000382. The molecule has 10 heteroatoms. The van der Waals surface area contributed by atoms with Gasteiger partial charge in [-0.2, -0.15) is 4.99 Å². The van der Waals surface area contributed by atoms with E-state index in [0.717, 1.165) is 17.3 Å². The van der Waals surface area contributed by atoms with Gasteiger partial charge in [0.15, 0.2) is 5.17 Å². The Morgan fingerprint density at radius 2 is 1.79 bits per heavy atom. The molecule has 1 aromatic carbocycles. The first-order valence-corrected chi connectivity index (χ1v) is 8.22. The maximum Gasteiger partial charge on any atom is 0.343 e. The standard InChI is InChI=1S/C14H19N5O4S/c1-3-15-12(20)17-14(18-13(21)16-4-2)24-9-10-5-7-11(8-6-10)19(22)23/h5-8H,3-4,9H2,1-2H3,(H3,15,16,17,18,20,21). The number of amidine groups is 1. The molecule has 4 amide bonds. The lowest BCUT2D eigenvalue weighted by atomic mass is 10.2. The SMILES string of the molecule is CCNC(=O)/N=C(/NC(=O)NCC)SCc1ccc([N+](=O)[O-])cc1. The van der Waals surface area contributed by atoms with E-state index in [1.165, 1.54) is 12.1 Å². The van der Waals surface area contributed by atoms with Gasteiger partial charge in [-0.05, 0) is 19.4 Å². The Kier molecular flexibility index (Phi) is 8.26. The highest BCUT2D eigenvalue weighted by molar-refractivity contribution is 8.13. The lowest BCUT2D eigenvalue weighted by Crippen LogP contribution is -2.39. The van der Waals surface area contributed by atoms with Crippen molar-refractivity contribution in [1.82, 2.24) is 16.0 Å². The molecule has 130 valence electrons. The summed E-state index contributed by atoms with van der Waals surface area (Å²) in [4.78, 5) is 37.1. The molecule has 24 heavy (non-hydrogen) atoms. The first kappa shape index (κ1) is 19.4. The van der Waals surface area contributed by atoms with E-state index in [0.29, 0.717) is 18.8 Å². The quantitative estimate of drug-likeness (QED) is 0.324. The highest BCUT2D eigenvalue weighted by Crippen LogP contribution is 2.17. The van der Waals surface area contributed by atoms with Crippen molar-refractivity contribution in [1.29, 1.82) is 0 Å². The van der Waals surface area contributed by atoms with Gasteiger partial charge in [0.25, 0.3) is 5.69 Å². The number of hydrogen-bond donors (Lipinski definition) is 3. The van der Waals surface area contributed by atoms with Gasteiger partial charge in [-0.15, -0.1) is 0 Å². The van der Waals surface area contributed by atoms with E-state index in [1.807, 2.05) is 0 Å². The fraction of sp³-hybridized carbons (Fsp3) is 0.357. The third-order valence-corrected chi connectivity index (χ3v) is 3.56. The van der Waals surface area contributed by atoms with Crippen LogP contribution in [-0.2, 0) is 5.75 Å². The van der Waals surface area contributed by atoms with Gasteiger partial charge in [0, 0.05) is 31.0 Å². The summed E-state index contributed by atoms with van der Waals surface area (Å²) < 4.78 is 0. The van der Waals surface area contributed by atoms with Gasteiger partial charge in [-0.25, -0.2) is 9.59 Å². The van der Waals surface area contributed by atoms with Crippen LogP contribution in [0.4, 0.5) is 15.3 Å². The van der Waals surface area contributed by atoms with E-state index in [9.17, 15) is 19.7 Å². The number of rotatable bonds is 5. The molecule has 0 atom stereocenters. The van der Waals surface area contributed by atoms with Crippen molar-refractivity contribution in [3.05, 3.63) is 39.9 Å². The van der Waals surface area contributed by atoms with Crippen LogP contribution in [0.2, 0.25) is 0 Å². The Hall–Kier alpha value is -2.62. The second-order valence-electron chi connectivity index (χ2n) is 4.45. The molecule has 0 aliphatic rings. The van der Waals surface area contributed by atoms with Crippen LogP contribution in [0.15, 0.2) is 29.3 Å². The predicted molar refractivity (Wildman–Crippen MR) is 93.1 cm³/mol. The summed E-state index contributed by atoms with van der Waals surface area (Å²) >= 11 is 1.14. The van der Waals surface area contributed by atoms with Crippen LogP contribution in [0, 0.1) is 10.1 Å². The molecule has 1 aromatic rings. The molecule has 0 aliphatic heterocycles. The molecule has 9 nitrogen and oxygen atoms in total. The fourth-order valence-electron chi connectivity index (χ4n) is 1.55. The summed E-state index contributed by atoms with van der Waals surface area (Å²) in [5.74, 6) is 0.392.